The highest BCUT2D eigenvalue weighted by Gasteiger charge is 2.14. The monoisotopic (exact) mass is 347 g/mol. The summed E-state index contributed by atoms with van der Waals surface area (Å²) in [4.78, 5) is 22.0. The van der Waals surface area contributed by atoms with Gasteiger partial charge in [-0.05, 0) is 23.8 Å². The molecule has 2 heterocycles. The van der Waals surface area contributed by atoms with Crippen molar-refractivity contribution in [2.24, 2.45) is 0 Å². The van der Waals surface area contributed by atoms with E-state index >= 15 is 0 Å². The first kappa shape index (κ1) is 15.5. The Labute approximate surface area is 149 Å². The zero-order chi connectivity index (χ0) is 17.2. The number of pyridine rings is 1. The molecule has 0 atom stereocenters. The number of fused-ring (bicyclic) bond motifs is 1. The molecule has 0 radical (unpaired) electrons. The molecule has 122 valence electrons. The van der Waals surface area contributed by atoms with Crippen molar-refractivity contribution in [3.05, 3.63) is 93.9 Å². The molecule has 0 saturated carbocycles. The minimum absolute atomic E-state index is 0.128. The lowest BCUT2D eigenvalue weighted by Crippen LogP contribution is -2.24. The topological polar surface area (TPSA) is 47.8 Å². The van der Waals surface area contributed by atoms with Crippen molar-refractivity contribution in [2.75, 3.05) is 0 Å². The van der Waals surface area contributed by atoms with Crippen molar-refractivity contribution in [1.29, 1.82) is 0 Å². The maximum absolute atomic E-state index is 13.1. The third kappa shape index (κ3) is 2.92. The molecule has 0 aliphatic heterocycles. The summed E-state index contributed by atoms with van der Waals surface area (Å²) in [5.74, 6) is 0.580. The van der Waals surface area contributed by atoms with E-state index in [1.165, 1.54) is 0 Å². The Kier molecular flexibility index (Phi) is 4.04. The van der Waals surface area contributed by atoms with Crippen LogP contribution in [-0.2, 0) is 6.54 Å². The first-order valence-corrected chi connectivity index (χ1v) is 8.26. The molecule has 0 spiro atoms. The van der Waals surface area contributed by atoms with Crippen LogP contribution in [0.2, 0.25) is 5.02 Å². The van der Waals surface area contributed by atoms with Gasteiger partial charge >= 0.3 is 0 Å². The minimum Gasteiger partial charge on any atom is -0.287 e. The standard InChI is InChI=1S/C20H14ClN3O/c21-17-11-5-4-9-15(17)13-24-19(14-7-2-1-3-8-14)23-18-16(20(24)25)10-6-12-22-18/h1-12H,13H2. The van der Waals surface area contributed by atoms with Gasteiger partial charge in [-0.1, -0.05) is 60.1 Å². The summed E-state index contributed by atoms with van der Waals surface area (Å²) >= 11 is 6.29. The Balaban J connectivity index is 1.99. The third-order valence-electron chi connectivity index (χ3n) is 4.05. The van der Waals surface area contributed by atoms with Gasteiger partial charge in [0.1, 0.15) is 5.82 Å². The fourth-order valence-corrected chi connectivity index (χ4v) is 3.00. The number of benzene rings is 2. The van der Waals surface area contributed by atoms with Gasteiger partial charge in [0.05, 0.1) is 11.9 Å². The van der Waals surface area contributed by atoms with Gasteiger partial charge in [-0.25, -0.2) is 9.97 Å². The molecule has 5 heteroatoms. The van der Waals surface area contributed by atoms with Crippen molar-refractivity contribution in [3.63, 3.8) is 0 Å². The van der Waals surface area contributed by atoms with Gasteiger partial charge in [-0.15, -0.1) is 0 Å². The highest BCUT2D eigenvalue weighted by molar-refractivity contribution is 6.31. The number of aromatic nitrogens is 3. The van der Waals surface area contributed by atoms with Crippen LogP contribution in [0.4, 0.5) is 0 Å². The summed E-state index contributed by atoms with van der Waals surface area (Å²) in [6.45, 7) is 0.348. The average Bonchev–Trinajstić information content (AvgIpc) is 2.66. The normalized spacial score (nSPS) is 10.9. The van der Waals surface area contributed by atoms with E-state index in [1.807, 2.05) is 54.6 Å². The molecule has 2 aromatic heterocycles. The van der Waals surface area contributed by atoms with Crippen LogP contribution >= 0.6 is 11.6 Å². The minimum atomic E-state index is -0.128. The second-order valence-electron chi connectivity index (χ2n) is 5.66. The summed E-state index contributed by atoms with van der Waals surface area (Å²) in [5, 5.41) is 1.12. The Morgan fingerprint density at radius 2 is 1.68 bits per heavy atom. The van der Waals surface area contributed by atoms with Crippen LogP contribution in [0.5, 0.6) is 0 Å². The Morgan fingerprint density at radius 1 is 0.920 bits per heavy atom. The zero-order valence-electron chi connectivity index (χ0n) is 13.3. The molecule has 0 fully saturated rings. The number of halogens is 1. The maximum atomic E-state index is 13.1. The van der Waals surface area contributed by atoms with Gasteiger partial charge < -0.3 is 0 Å². The lowest BCUT2D eigenvalue weighted by Gasteiger charge is -2.14. The number of nitrogens with zero attached hydrogens (tertiary/aromatic N) is 3. The van der Waals surface area contributed by atoms with Gasteiger partial charge in [-0.2, -0.15) is 0 Å². The Hall–Kier alpha value is -2.98. The van der Waals surface area contributed by atoms with E-state index in [1.54, 1.807) is 22.9 Å². The quantitative estimate of drug-likeness (QED) is 0.559. The second kappa shape index (κ2) is 6.49. The summed E-state index contributed by atoms with van der Waals surface area (Å²) in [7, 11) is 0. The number of rotatable bonds is 3. The molecule has 0 unspecified atom stereocenters. The lowest BCUT2D eigenvalue weighted by molar-refractivity contribution is 0.758. The van der Waals surface area contributed by atoms with Gasteiger partial charge in [0.25, 0.3) is 5.56 Å². The van der Waals surface area contributed by atoms with E-state index in [4.69, 9.17) is 11.6 Å². The molecular formula is C20H14ClN3O. The van der Waals surface area contributed by atoms with E-state index in [9.17, 15) is 4.79 Å². The van der Waals surface area contributed by atoms with Crippen molar-refractivity contribution < 1.29 is 0 Å². The van der Waals surface area contributed by atoms with Crippen LogP contribution in [0.15, 0.2) is 77.7 Å². The number of hydrogen-bond acceptors (Lipinski definition) is 3. The molecule has 0 saturated heterocycles. The Bertz CT molecular complexity index is 1110. The van der Waals surface area contributed by atoms with Crippen molar-refractivity contribution in [2.45, 2.75) is 6.54 Å². The summed E-state index contributed by atoms with van der Waals surface area (Å²) in [5.41, 5.74) is 2.05. The highest BCUT2D eigenvalue weighted by Crippen LogP contribution is 2.21. The maximum Gasteiger partial charge on any atom is 0.263 e. The molecule has 0 N–H and O–H groups in total. The summed E-state index contributed by atoms with van der Waals surface area (Å²) < 4.78 is 1.65. The van der Waals surface area contributed by atoms with Crippen molar-refractivity contribution >= 4 is 22.6 Å². The van der Waals surface area contributed by atoms with Crippen molar-refractivity contribution in [1.82, 2.24) is 14.5 Å². The van der Waals surface area contributed by atoms with Crippen LogP contribution in [0.25, 0.3) is 22.4 Å². The highest BCUT2D eigenvalue weighted by atomic mass is 35.5. The molecule has 0 aliphatic rings. The lowest BCUT2D eigenvalue weighted by atomic mass is 10.1. The SMILES string of the molecule is O=c1c2cccnc2nc(-c2ccccc2)n1Cc1ccccc1Cl. The van der Waals surface area contributed by atoms with E-state index in [-0.39, 0.29) is 5.56 Å². The molecule has 0 amide bonds. The molecular weight excluding hydrogens is 334 g/mol. The van der Waals surface area contributed by atoms with Gasteiger partial charge in [0, 0.05) is 16.8 Å². The molecule has 0 bridgehead atoms. The largest absolute Gasteiger partial charge is 0.287 e. The van der Waals surface area contributed by atoms with Gasteiger partial charge in [0.15, 0.2) is 5.65 Å². The molecule has 2 aromatic carbocycles. The van der Waals surface area contributed by atoms with Crippen LogP contribution in [0, 0.1) is 0 Å². The van der Waals surface area contributed by atoms with Crippen LogP contribution < -0.4 is 5.56 Å². The zero-order valence-corrected chi connectivity index (χ0v) is 14.0. The van der Waals surface area contributed by atoms with E-state index in [2.05, 4.69) is 9.97 Å². The van der Waals surface area contributed by atoms with E-state index < -0.39 is 0 Å². The van der Waals surface area contributed by atoms with Gasteiger partial charge in [0.2, 0.25) is 0 Å². The molecule has 4 rings (SSSR count). The predicted molar refractivity (Wildman–Crippen MR) is 99.8 cm³/mol. The first-order valence-electron chi connectivity index (χ1n) is 7.88. The third-order valence-corrected chi connectivity index (χ3v) is 4.42. The van der Waals surface area contributed by atoms with E-state index in [0.717, 1.165) is 11.1 Å². The molecule has 25 heavy (non-hydrogen) atoms. The molecule has 0 aliphatic carbocycles. The summed E-state index contributed by atoms with van der Waals surface area (Å²) in [6, 6.07) is 20.6. The van der Waals surface area contributed by atoms with Crippen LogP contribution in [0.1, 0.15) is 5.56 Å². The van der Waals surface area contributed by atoms with Crippen LogP contribution in [-0.4, -0.2) is 14.5 Å². The fourth-order valence-electron chi connectivity index (χ4n) is 2.81. The Morgan fingerprint density at radius 3 is 2.48 bits per heavy atom. The molecule has 4 nitrogen and oxygen atoms in total. The van der Waals surface area contributed by atoms with Crippen LogP contribution in [0.3, 0.4) is 0 Å². The first-order chi connectivity index (χ1) is 12.2. The van der Waals surface area contributed by atoms with Gasteiger partial charge in [-0.3, -0.25) is 9.36 Å². The van der Waals surface area contributed by atoms with Crippen molar-refractivity contribution in [3.8, 4) is 11.4 Å². The molecule has 4 aromatic rings. The van der Waals surface area contributed by atoms with E-state index in [0.29, 0.717) is 28.4 Å². The number of hydrogen-bond donors (Lipinski definition) is 0. The smallest absolute Gasteiger partial charge is 0.263 e. The summed E-state index contributed by atoms with van der Waals surface area (Å²) in [6.07, 6.45) is 1.64. The average molecular weight is 348 g/mol. The fraction of sp³-hybridized carbons (Fsp3) is 0.0500. The predicted octanol–water partition coefficient (Wildman–Crippen LogP) is 4.16. The second-order valence-corrected chi connectivity index (χ2v) is 6.07.